The van der Waals surface area contributed by atoms with E-state index in [1.165, 1.54) is 11.0 Å². The molecule has 0 N–H and O–H groups in total. The van der Waals surface area contributed by atoms with Gasteiger partial charge in [0, 0.05) is 35.1 Å². The molecule has 5 heteroatoms. The van der Waals surface area contributed by atoms with E-state index >= 15 is 0 Å². The fourth-order valence-electron chi connectivity index (χ4n) is 3.89. The molecule has 0 spiro atoms. The highest BCUT2D eigenvalue weighted by atomic mass is 35.5. The number of rotatable bonds is 2. The molecule has 1 aliphatic heterocycles. The Hall–Kier alpha value is -2.46. The van der Waals surface area contributed by atoms with Crippen molar-refractivity contribution < 1.29 is 14.0 Å². The third-order valence-electron chi connectivity index (χ3n) is 5.04. The Bertz CT molecular complexity index is 920. The second kappa shape index (κ2) is 6.69. The minimum Gasteiger partial charge on any atom is -0.294 e. The molecule has 1 atom stereocenters. The van der Waals surface area contributed by atoms with Crippen LogP contribution < -0.4 is 4.90 Å². The summed E-state index contributed by atoms with van der Waals surface area (Å²) in [5.41, 5.74) is 2.39. The monoisotopic (exact) mass is 369 g/mol. The number of hydrogen-bond acceptors (Lipinski definition) is 2. The summed E-state index contributed by atoms with van der Waals surface area (Å²) in [6.45, 7) is 0. The van der Waals surface area contributed by atoms with E-state index in [1.807, 2.05) is 12.1 Å². The summed E-state index contributed by atoms with van der Waals surface area (Å²) in [4.78, 5) is 27.1. The zero-order valence-electron chi connectivity index (χ0n) is 14.0. The van der Waals surface area contributed by atoms with Crippen LogP contribution in [0.15, 0.2) is 59.8 Å². The number of amides is 1. The van der Waals surface area contributed by atoms with E-state index in [9.17, 15) is 14.0 Å². The lowest BCUT2D eigenvalue weighted by Gasteiger charge is -2.38. The van der Waals surface area contributed by atoms with Crippen molar-refractivity contribution in [3.05, 3.63) is 76.2 Å². The molecule has 2 aromatic rings. The molecule has 3 nitrogen and oxygen atoms in total. The Balaban J connectivity index is 1.87. The van der Waals surface area contributed by atoms with Crippen molar-refractivity contribution in [3.8, 4) is 0 Å². The van der Waals surface area contributed by atoms with E-state index in [1.54, 1.807) is 30.3 Å². The second-order valence-electron chi connectivity index (χ2n) is 6.63. The van der Waals surface area contributed by atoms with Gasteiger partial charge < -0.3 is 0 Å². The van der Waals surface area contributed by atoms with Crippen LogP contribution in [0.1, 0.15) is 37.2 Å². The minimum absolute atomic E-state index is 0.0417. The number of benzene rings is 2. The van der Waals surface area contributed by atoms with Gasteiger partial charge in [0.25, 0.3) is 0 Å². The Morgan fingerprint density at radius 3 is 2.46 bits per heavy atom. The van der Waals surface area contributed by atoms with Crippen molar-refractivity contribution in [2.45, 2.75) is 31.6 Å². The van der Waals surface area contributed by atoms with Crippen LogP contribution in [-0.4, -0.2) is 11.7 Å². The van der Waals surface area contributed by atoms with E-state index in [0.29, 0.717) is 35.6 Å². The molecule has 1 aliphatic carbocycles. The molecule has 26 heavy (non-hydrogen) atoms. The van der Waals surface area contributed by atoms with Gasteiger partial charge in [0.15, 0.2) is 5.78 Å². The average molecular weight is 370 g/mol. The summed E-state index contributed by atoms with van der Waals surface area (Å²) < 4.78 is 14.4. The summed E-state index contributed by atoms with van der Waals surface area (Å²) >= 11 is 5.97. The summed E-state index contributed by atoms with van der Waals surface area (Å²) in [5, 5.41) is 0.605. The molecule has 0 saturated carbocycles. The van der Waals surface area contributed by atoms with Crippen LogP contribution in [0.5, 0.6) is 0 Å². The molecule has 1 heterocycles. The normalized spacial score (nSPS) is 20.4. The van der Waals surface area contributed by atoms with Crippen LogP contribution in [-0.2, 0) is 9.59 Å². The molecule has 4 rings (SSSR count). The molecular formula is C21H17ClFNO2. The fraction of sp³-hybridized carbons (Fsp3) is 0.238. The van der Waals surface area contributed by atoms with Crippen molar-refractivity contribution in [3.63, 3.8) is 0 Å². The Labute approximate surface area is 156 Å². The van der Waals surface area contributed by atoms with Gasteiger partial charge in [-0.2, -0.15) is 0 Å². The number of halogens is 2. The van der Waals surface area contributed by atoms with Crippen molar-refractivity contribution in [2.24, 2.45) is 0 Å². The summed E-state index contributed by atoms with van der Waals surface area (Å²) in [5.74, 6) is -0.912. The smallest absolute Gasteiger partial charge is 0.232 e. The molecular weight excluding hydrogens is 353 g/mol. The molecule has 0 saturated heterocycles. The number of hydrogen-bond donors (Lipinski definition) is 0. The summed E-state index contributed by atoms with van der Waals surface area (Å²) in [7, 11) is 0. The number of carbonyl (C=O) groups excluding carboxylic acids is 2. The van der Waals surface area contributed by atoms with Crippen molar-refractivity contribution >= 4 is 29.0 Å². The Kier molecular flexibility index (Phi) is 4.37. The second-order valence-corrected chi connectivity index (χ2v) is 7.06. The number of para-hydroxylation sites is 1. The number of ketones is 1. The fourth-order valence-corrected chi connectivity index (χ4v) is 4.01. The van der Waals surface area contributed by atoms with Crippen molar-refractivity contribution in [1.29, 1.82) is 0 Å². The van der Waals surface area contributed by atoms with E-state index in [2.05, 4.69) is 0 Å². The molecule has 132 valence electrons. The zero-order chi connectivity index (χ0) is 18.3. The van der Waals surface area contributed by atoms with Gasteiger partial charge in [-0.1, -0.05) is 35.9 Å². The Morgan fingerprint density at radius 2 is 1.73 bits per heavy atom. The van der Waals surface area contributed by atoms with E-state index in [0.717, 1.165) is 5.56 Å². The van der Waals surface area contributed by atoms with Crippen LogP contribution in [0.3, 0.4) is 0 Å². The minimum atomic E-state index is -0.462. The number of carbonyl (C=O) groups is 2. The summed E-state index contributed by atoms with van der Waals surface area (Å²) in [6.07, 6.45) is 1.86. The highest BCUT2D eigenvalue weighted by Crippen LogP contribution is 2.43. The van der Waals surface area contributed by atoms with Gasteiger partial charge in [0.05, 0.1) is 5.69 Å². The van der Waals surface area contributed by atoms with Gasteiger partial charge in [-0.15, -0.1) is 0 Å². The largest absolute Gasteiger partial charge is 0.294 e. The van der Waals surface area contributed by atoms with Gasteiger partial charge in [-0.05, 0) is 42.7 Å². The van der Waals surface area contributed by atoms with Crippen LogP contribution in [0.4, 0.5) is 10.1 Å². The number of anilines is 1. The average Bonchev–Trinajstić information content (AvgIpc) is 2.63. The topological polar surface area (TPSA) is 37.4 Å². The molecule has 0 bridgehead atoms. The lowest BCUT2D eigenvalue weighted by molar-refractivity contribution is -0.120. The number of nitrogens with zero attached hydrogens (tertiary/aromatic N) is 1. The van der Waals surface area contributed by atoms with Gasteiger partial charge in [0.2, 0.25) is 5.91 Å². The zero-order valence-corrected chi connectivity index (χ0v) is 14.8. The molecule has 0 radical (unpaired) electrons. The molecule has 1 amide bonds. The van der Waals surface area contributed by atoms with E-state index < -0.39 is 5.82 Å². The number of allylic oxidation sites excluding steroid dienone is 2. The first-order valence-electron chi connectivity index (χ1n) is 8.65. The molecule has 2 aromatic carbocycles. The third kappa shape index (κ3) is 2.84. The quantitative estimate of drug-likeness (QED) is 0.746. The van der Waals surface area contributed by atoms with Crippen LogP contribution in [0.2, 0.25) is 5.02 Å². The molecule has 0 unspecified atom stereocenters. The first-order chi connectivity index (χ1) is 12.6. The maximum atomic E-state index is 14.4. The Morgan fingerprint density at radius 1 is 1.00 bits per heavy atom. The van der Waals surface area contributed by atoms with E-state index in [-0.39, 0.29) is 29.7 Å². The van der Waals surface area contributed by atoms with Crippen LogP contribution >= 0.6 is 11.6 Å². The molecule has 0 aromatic heterocycles. The van der Waals surface area contributed by atoms with Gasteiger partial charge in [-0.3, -0.25) is 14.5 Å². The lowest BCUT2D eigenvalue weighted by atomic mass is 9.77. The van der Waals surface area contributed by atoms with Gasteiger partial charge in [-0.25, -0.2) is 4.39 Å². The summed E-state index contributed by atoms with van der Waals surface area (Å²) in [6, 6.07) is 13.4. The van der Waals surface area contributed by atoms with Gasteiger partial charge >= 0.3 is 0 Å². The maximum absolute atomic E-state index is 14.4. The van der Waals surface area contributed by atoms with Crippen molar-refractivity contribution in [2.75, 3.05) is 4.90 Å². The predicted octanol–water partition coefficient (Wildman–Crippen LogP) is 5.01. The first kappa shape index (κ1) is 17.0. The maximum Gasteiger partial charge on any atom is 0.232 e. The SMILES string of the molecule is O=C1CCCC2=C1[C@@H](c1ccc(Cl)cc1)CC(=O)N2c1ccccc1F. The first-order valence-corrected chi connectivity index (χ1v) is 9.03. The molecule has 0 fully saturated rings. The third-order valence-corrected chi connectivity index (χ3v) is 5.29. The predicted molar refractivity (Wildman–Crippen MR) is 98.6 cm³/mol. The number of Topliss-reactive ketones (excluding diaryl/α,β-unsaturated/α-hetero) is 1. The van der Waals surface area contributed by atoms with Gasteiger partial charge in [0.1, 0.15) is 5.82 Å². The highest BCUT2D eigenvalue weighted by molar-refractivity contribution is 6.30. The highest BCUT2D eigenvalue weighted by Gasteiger charge is 2.40. The van der Waals surface area contributed by atoms with Crippen LogP contribution in [0, 0.1) is 5.82 Å². The van der Waals surface area contributed by atoms with Crippen LogP contribution in [0.25, 0.3) is 0 Å². The van der Waals surface area contributed by atoms with Crippen molar-refractivity contribution in [1.82, 2.24) is 0 Å². The van der Waals surface area contributed by atoms with E-state index in [4.69, 9.17) is 11.6 Å². The lowest BCUT2D eigenvalue weighted by Crippen LogP contribution is -2.41. The standard InChI is InChI=1S/C21H17ClFNO2/c22-14-10-8-13(9-11-14)15-12-20(26)24(17-5-2-1-4-16(17)23)18-6-3-7-19(25)21(15)18/h1-2,4-5,8-11,15H,3,6-7,12H2/t15-/m1/s1. The molecule has 2 aliphatic rings.